The van der Waals surface area contributed by atoms with Gasteiger partial charge in [-0.15, -0.1) is 0 Å². The Labute approximate surface area is 74.2 Å². The standard InChI is InChI=1S/C10H18N2/c1-8(2)10(6-11)5-9-3-4-12-7-9/h3-4,7-8,10,12H,5-6,11H2,1-2H3. The molecule has 1 unspecified atom stereocenters. The van der Waals surface area contributed by atoms with Crippen molar-refractivity contribution >= 4 is 0 Å². The van der Waals surface area contributed by atoms with Gasteiger partial charge in [0, 0.05) is 12.4 Å². The monoisotopic (exact) mass is 166 g/mol. The second-order valence-corrected chi connectivity index (χ2v) is 3.66. The Morgan fingerprint density at radius 3 is 2.67 bits per heavy atom. The minimum absolute atomic E-state index is 0.612. The van der Waals surface area contributed by atoms with E-state index >= 15 is 0 Å². The molecular weight excluding hydrogens is 148 g/mol. The van der Waals surface area contributed by atoms with Gasteiger partial charge in [0.05, 0.1) is 0 Å². The molecule has 0 aliphatic heterocycles. The molecular formula is C10H18N2. The van der Waals surface area contributed by atoms with Crippen LogP contribution in [0.1, 0.15) is 19.4 Å². The lowest BCUT2D eigenvalue weighted by Crippen LogP contribution is -2.21. The van der Waals surface area contributed by atoms with Crippen LogP contribution in [0.3, 0.4) is 0 Å². The molecule has 0 aliphatic rings. The zero-order valence-electron chi connectivity index (χ0n) is 7.88. The number of aromatic amines is 1. The molecule has 0 aliphatic carbocycles. The van der Waals surface area contributed by atoms with E-state index in [0.717, 1.165) is 13.0 Å². The first-order chi connectivity index (χ1) is 5.74. The van der Waals surface area contributed by atoms with Gasteiger partial charge in [-0.2, -0.15) is 0 Å². The molecule has 0 bridgehead atoms. The summed E-state index contributed by atoms with van der Waals surface area (Å²) in [5.41, 5.74) is 7.04. The zero-order valence-corrected chi connectivity index (χ0v) is 7.88. The van der Waals surface area contributed by atoms with E-state index in [4.69, 9.17) is 5.73 Å². The van der Waals surface area contributed by atoms with Crippen LogP contribution < -0.4 is 5.73 Å². The third kappa shape index (κ3) is 2.38. The molecule has 0 spiro atoms. The normalized spacial score (nSPS) is 13.7. The quantitative estimate of drug-likeness (QED) is 0.703. The van der Waals surface area contributed by atoms with Gasteiger partial charge in [0.25, 0.3) is 0 Å². The summed E-state index contributed by atoms with van der Waals surface area (Å²) in [6.45, 7) is 5.23. The molecule has 0 saturated carbocycles. The van der Waals surface area contributed by atoms with Gasteiger partial charge >= 0.3 is 0 Å². The number of nitrogens with two attached hydrogens (primary N) is 1. The molecule has 1 rings (SSSR count). The van der Waals surface area contributed by atoms with Crippen LogP contribution in [0.25, 0.3) is 0 Å². The number of hydrogen-bond acceptors (Lipinski definition) is 1. The molecule has 1 atom stereocenters. The molecule has 0 amide bonds. The van der Waals surface area contributed by atoms with Gasteiger partial charge < -0.3 is 10.7 Å². The van der Waals surface area contributed by atoms with E-state index < -0.39 is 0 Å². The summed E-state index contributed by atoms with van der Waals surface area (Å²) in [5.74, 6) is 1.28. The fraction of sp³-hybridized carbons (Fsp3) is 0.600. The molecule has 1 heterocycles. The molecule has 2 heteroatoms. The van der Waals surface area contributed by atoms with Crippen LogP contribution in [0.4, 0.5) is 0 Å². The molecule has 1 aromatic heterocycles. The van der Waals surface area contributed by atoms with Gasteiger partial charge in [0.1, 0.15) is 0 Å². The van der Waals surface area contributed by atoms with E-state index in [0.29, 0.717) is 11.8 Å². The van der Waals surface area contributed by atoms with E-state index in [1.54, 1.807) is 0 Å². The lowest BCUT2D eigenvalue weighted by molar-refractivity contribution is 0.392. The Morgan fingerprint density at radius 1 is 1.50 bits per heavy atom. The van der Waals surface area contributed by atoms with Crippen LogP contribution >= 0.6 is 0 Å². The Balaban J connectivity index is 2.48. The fourth-order valence-electron chi connectivity index (χ4n) is 1.38. The van der Waals surface area contributed by atoms with Crippen molar-refractivity contribution in [2.75, 3.05) is 6.54 Å². The van der Waals surface area contributed by atoms with Crippen molar-refractivity contribution in [3.63, 3.8) is 0 Å². The maximum atomic E-state index is 5.68. The third-order valence-corrected chi connectivity index (χ3v) is 2.41. The molecule has 0 fully saturated rings. The average molecular weight is 166 g/mol. The maximum absolute atomic E-state index is 5.68. The highest BCUT2D eigenvalue weighted by Crippen LogP contribution is 2.15. The van der Waals surface area contributed by atoms with Crippen molar-refractivity contribution in [1.29, 1.82) is 0 Å². The van der Waals surface area contributed by atoms with Crippen molar-refractivity contribution in [1.82, 2.24) is 4.98 Å². The minimum atomic E-state index is 0.612. The van der Waals surface area contributed by atoms with Gasteiger partial charge in [-0.1, -0.05) is 13.8 Å². The summed E-state index contributed by atoms with van der Waals surface area (Å²) in [5, 5.41) is 0. The molecule has 12 heavy (non-hydrogen) atoms. The van der Waals surface area contributed by atoms with Crippen LogP contribution in [0.15, 0.2) is 18.5 Å². The van der Waals surface area contributed by atoms with Crippen LogP contribution in [0, 0.1) is 11.8 Å². The van der Waals surface area contributed by atoms with Crippen LogP contribution in [0.2, 0.25) is 0 Å². The van der Waals surface area contributed by atoms with Crippen molar-refractivity contribution in [3.05, 3.63) is 24.0 Å². The summed E-state index contributed by atoms with van der Waals surface area (Å²) in [7, 11) is 0. The summed E-state index contributed by atoms with van der Waals surface area (Å²) in [6.07, 6.45) is 5.10. The number of rotatable bonds is 4. The van der Waals surface area contributed by atoms with E-state index in [1.165, 1.54) is 5.56 Å². The molecule has 3 N–H and O–H groups in total. The van der Waals surface area contributed by atoms with Crippen LogP contribution in [-0.4, -0.2) is 11.5 Å². The number of H-pyrrole nitrogens is 1. The summed E-state index contributed by atoms with van der Waals surface area (Å²) < 4.78 is 0. The van der Waals surface area contributed by atoms with Crippen molar-refractivity contribution in [2.45, 2.75) is 20.3 Å². The smallest absolute Gasteiger partial charge is 0.00374 e. The SMILES string of the molecule is CC(C)C(CN)Cc1cc[nH]c1. The molecule has 0 aromatic carbocycles. The highest BCUT2D eigenvalue weighted by Gasteiger charge is 2.11. The zero-order chi connectivity index (χ0) is 8.97. The Kier molecular flexibility index (Phi) is 3.35. The summed E-state index contributed by atoms with van der Waals surface area (Å²) in [6, 6.07) is 2.12. The molecule has 1 aromatic rings. The predicted octanol–water partition coefficient (Wildman–Crippen LogP) is 1.79. The second-order valence-electron chi connectivity index (χ2n) is 3.66. The minimum Gasteiger partial charge on any atom is -0.367 e. The lowest BCUT2D eigenvalue weighted by Gasteiger charge is -2.17. The second kappa shape index (κ2) is 4.31. The van der Waals surface area contributed by atoms with Gasteiger partial charge in [0.15, 0.2) is 0 Å². The molecule has 0 radical (unpaired) electrons. The van der Waals surface area contributed by atoms with Crippen LogP contribution in [-0.2, 0) is 6.42 Å². The van der Waals surface area contributed by atoms with Gasteiger partial charge in [-0.05, 0) is 36.4 Å². The number of nitrogens with one attached hydrogen (secondary N) is 1. The number of hydrogen-bond donors (Lipinski definition) is 2. The molecule has 2 nitrogen and oxygen atoms in total. The van der Waals surface area contributed by atoms with Crippen LogP contribution in [0.5, 0.6) is 0 Å². The maximum Gasteiger partial charge on any atom is 0.00374 e. The van der Waals surface area contributed by atoms with Crippen molar-refractivity contribution in [2.24, 2.45) is 17.6 Å². The lowest BCUT2D eigenvalue weighted by atomic mass is 9.90. The first-order valence-electron chi connectivity index (χ1n) is 4.55. The highest BCUT2D eigenvalue weighted by molar-refractivity contribution is 5.09. The fourth-order valence-corrected chi connectivity index (χ4v) is 1.38. The van der Waals surface area contributed by atoms with E-state index in [1.807, 2.05) is 12.4 Å². The van der Waals surface area contributed by atoms with Gasteiger partial charge in [-0.3, -0.25) is 0 Å². The Morgan fingerprint density at radius 2 is 2.25 bits per heavy atom. The van der Waals surface area contributed by atoms with Crippen molar-refractivity contribution in [3.8, 4) is 0 Å². The Bertz CT molecular complexity index is 202. The first kappa shape index (κ1) is 9.33. The third-order valence-electron chi connectivity index (χ3n) is 2.41. The predicted molar refractivity (Wildman–Crippen MR) is 51.9 cm³/mol. The topological polar surface area (TPSA) is 41.8 Å². The van der Waals surface area contributed by atoms with E-state index in [-0.39, 0.29) is 0 Å². The summed E-state index contributed by atoms with van der Waals surface area (Å²) >= 11 is 0. The molecule has 0 saturated heterocycles. The van der Waals surface area contributed by atoms with Gasteiger partial charge in [-0.25, -0.2) is 0 Å². The van der Waals surface area contributed by atoms with Gasteiger partial charge in [0.2, 0.25) is 0 Å². The first-order valence-corrected chi connectivity index (χ1v) is 4.55. The largest absolute Gasteiger partial charge is 0.367 e. The molecule has 68 valence electrons. The van der Waals surface area contributed by atoms with Crippen molar-refractivity contribution < 1.29 is 0 Å². The van der Waals surface area contributed by atoms with E-state index in [2.05, 4.69) is 24.9 Å². The summed E-state index contributed by atoms with van der Waals surface area (Å²) in [4.78, 5) is 3.06. The number of aromatic nitrogens is 1. The Hall–Kier alpha value is -0.760. The average Bonchev–Trinajstić information content (AvgIpc) is 2.51. The van der Waals surface area contributed by atoms with E-state index in [9.17, 15) is 0 Å². The highest BCUT2D eigenvalue weighted by atomic mass is 14.6.